The predicted octanol–water partition coefficient (Wildman–Crippen LogP) is 3.58. The van der Waals surface area contributed by atoms with E-state index in [0.29, 0.717) is 22.8 Å². The number of rotatable bonds is 2. The first-order valence-electron chi connectivity index (χ1n) is 8.26. The van der Waals surface area contributed by atoms with E-state index in [9.17, 15) is 8.78 Å². The number of halogens is 2. The van der Waals surface area contributed by atoms with Crippen LogP contribution >= 0.6 is 0 Å². The third-order valence-corrected chi connectivity index (χ3v) is 4.51. The minimum Gasteiger partial charge on any atom is -0.341 e. The first kappa shape index (κ1) is 15.8. The standard InChI is InChI=1S/C18H17F2N5/c1-10-11(2)22-17-16(21-10)15(13-6-5-12(19)9-14(13)20)23-18(24-17)25-7-3-4-8-25/h5-6,9H,3-4,7-8H2,1-2H3. The quantitative estimate of drug-likeness (QED) is 0.713. The van der Waals surface area contributed by atoms with Crippen molar-refractivity contribution in [1.29, 1.82) is 0 Å². The van der Waals surface area contributed by atoms with E-state index >= 15 is 0 Å². The molecule has 0 amide bonds. The third-order valence-electron chi connectivity index (χ3n) is 4.51. The fraction of sp³-hybridized carbons (Fsp3) is 0.333. The van der Waals surface area contributed by atoms with Gasteiger partial charge in [-0.05, 0) is 38.8 Å². The maximum atomic E-state index is 14.4. The molecule has 5 nitrogen and oxygen atoms in total. The molecular weight excluding hydrogens is 324 g/mol. The molecule has 0 aliphatic carbocycles. The van der Waals surface area contributed by atoms with E-state index in [0.717, 1.165) is 43.4 Å². The van der Waals surface area contributed by atoms with Crippen molar-refractivity contribution in [2.45, 2.75) is 26.7 Å². The van der Waals surface area contributed by atoms with E-state index in [4.69, 9.17) is 0 Å². The number of hydrogen-bond acceptors (Lipinski definition) is 5. The number of hydrogen-bond donors (Lipinski definition) is 0. The lowest BCUT2D eigenvalue weighted by atomic mass is 10.1. The molecule has 1 fully saturated rings. The number of anilines is 1. The third kappa shape index (κ3) is 2.79. The number of nitrogens with zero attached hydrogens (tertiary/aromatic N) is 5. The monoisotopic (exact) mass is 341 g/mol. The molecule has 0 radical (unpaired) electrons. The zero-order valence-electron chi connectivity index (χ0n) is 14.1. The molecule has 1 aliphatic rings. The molecule has 3 aromatic rings. The molecule has 1 aliphatic heterocycles. The molecule has 3 heterocycles. The van der Waals surface area contributed by atoms with Crippen LogP contribution in [0.2, 0.25) is 0 Å². The molecule has 0 saturated carbocycles. The van der Waals surface area contributed by atoms with E-state index in [1.54, 1.807) is 0 Å². The van der Waals surface area contributed by atoms with Gasteiger partial charge in [-0.3, -0.25) is 0 Å². The summed E-state index contributed by atoms with van der Waals surface area (Å²) in [5.74, 6) is -0.786. The van der Waals surface area contributed by atoms with Crippen molar-refractivity contribution >= 4 is 17.1 Å². The van der Waals surface area contributed by atoms with Gasteiger partial charge in [0.05, 0.1) is 11.4 Å². The van der Waals surface area contributed by atoms with Crippen LogP contribution in [0.4, 0.5) is 14.7 Å². The lowest BCUT2D eigenvalue weighted by molar-refractivity contribution is 0.585. The van der Waals surface area contributed by atoms with Gasteiger partial charge < -0.3 is 4.90 Å². The zero-order chi connectivity index (χ0) is 17.6. The molecule has 4 rings (SSSR count). The Morgan fingerprint density at radius 1 is 0.920 bits per heavy atom. The van der Waals surface area contributed by atoms with Crippen LogP contribution in [-0.2, 0) is 0 Å². The smallest absolute Gasteiger partial charge is 0.228 e. The van der Waals surface area contributed by atoms with Gasteiger partial charge in [0.2, 0.25) is 5.95 Å². The highest BCUT2D eigenvalue weighted by Crippen LogP contribution is 2.30. The van der Waals surface area contributed by atoms with Crippen LogP contribution in [0, 0.1) is 25.5 Å². The fourth-order valence-corrected chi connectivity index (χ4v) is 3.03. The second-order valence-electron chi connectivity index (χ2n) is 6.26. The van der Waals surface area contributed by atoms with E-state index < -0.39 is 11.6 Å². The average molecular weight is 341 g/mol. The number of fused-ring (bicyclic) bond motifs is 1. The Bertz CT molecular complexity index is 967. The average Bonchev–Trinajstić information content (AvgIpc) is 3.10. The maximum Gasteiger partial charge on any atom is 0.228 e. The summed E-state index contributed by atoms with van der Waals surface area (Å²) in [5.41, 5.74) is 2.90. The summed E-state index contributed by atoms with van der Waals surface area (Å²) in [4.78, 5) is 20.2. The fourth-order valence-electron chi connectivity index (χ4n) is 3.03. The molecule has 0 N–H and O–H groups in total. The predicted molar refractivity (Wildman–Crippen MR) is 91.4 cm³/mol. The first-order chi connectivity index (χ1) is 12.0. The van der Waals surface area contributed by atoms with Crippen LogP contribution in [0.25, 0.3) is 22.4 Å². The molecule has 2 aromatic heterocycles. The number of aryl methyl sites for hydroxylation is 2. The lowest BCUT2D eigenvalue weighted by Crippen LogP contribution is -2.21. The van der Waals surface area contributed by atoms with Gasteiger partial charge in [0.1, 0.15) is 22.8 Å². The van der Waals surface area contributed by atoms with Crippen LogP contribution < -0.4 is 4.90 Å². The molecule has 0 bridgehead atoms. The number of benzene rings is 1. The summed E-state index contributed by atoms with van der Waals surface area (Å²) in [7, 11) is 0. The topological polar surface area (TPSA) is 54.8 Å². The summed E-state index contributed by atoms with van der Waals surface area (Å²) in [5, 5.41) is 0. The summed E-state index contributed by atoms with van der Waals surface area (Å²) >= 11 is 0. The zero-order valence-corrected chi connectivity index (χ0v) is 14.1. The van der Waals surface area contributed by atoms with E-state index in [2.05, 4.69) is 24.8 Å². The molecule has 0 atom stereocenters. The van der Waals surface area contributed by atoms with E-state index in [1.807, 2.05) is 13.8 Å². The molecular formula is C18H17F2N5. The Balaban J connectivity index is 2.00. The van der Waals surface area contributed by atoms with Gasteiger partial charge in [-0.25, -0.2) is 23.7 Å². The van der Waals surface area contributed by atoms with Crippen molar-refractivity contribution in [2.24, 2.45) is 0 Å². The van der Waals surface area contributed by atoms with Crippen LogP contribution in [0.1, 0.15) is 24.2 Å². The highest BCUT2D eigenvalue weighted by atomic mass is 19.1. The van der Waals surface area contributed by atoms with Crippen LogP contribution in [0.5, 0.6) is 0 Å². The maximum absolute atomic E-state index is 14.4. The largest absolute Gasteiger partial charge is 0.341 e. The summed E-state index contributed by atoms with van der Waals surface area (Å²) in [6.45, 7) is 5.41. The normalized spacial score (nSPS) is 14.5. The van der Waals surface area contributed by atoms with Gasteiger partial charge in [-0.15, -0.1) is 0 Å². The van der Waals surface area contributed by atoms with Gasteiger partial charge in [0.25, 0.3) is 0 Å². The minimum absolute atomic E-state index is 0.201. The van der Waals surface area contributed by atoms with Crippen molar-refractivity contribution in [3.05, 3.63) is 41.2 Å². The Labute approximate surface area is 143 Å². The van der Waals surface area contributed by atoms with Gasteiger partial charge in [0.15, 0.2) is 5.65 Å². The van der Waals surface area contributed by atoms with Crippen LogP contribution in [0.3, 0.4) is 0 Å². The van der Waals surface area contributed by atoms with Gasteiger partial charge in [-0.2, -0.15) is 4.98 Å². The van der Waals surface area contributed by atoms with Crippen molar-refractivity contribution in [3.63, 3.8) is 0 Å². The minimum atomic E-state index is -0.674. The van der Waals surface area contributed by atoms with Crippen molar-refractivity contribution in [2.75, 3.05) is 18.0 Å². The molecule has 1 saturated heterocycles. The number of aromatic nitrogens is 4. The second-order valence-corrected chi connectivity index (χ2v) is 6.26. The Hall–Kier alpha value is -2.70. The van der Waals surface area contributed by atoms with Gasteiger partial charge in [-0.1, -0.05) is 0 Å². The second kappa shape index (κ2) is 5.98. The summed E-state index contributed by atoms with van der Waals surface area (Å²) < 4.78 is 27.7. The molecule has 25 heavy (non-hydrogen) atoms. The first-order valence-corrected chi connectivity index (χ1v) is 8.26. The molecule has 0 spiro atoms. The van der Waals surface area contributed by atoms with Crippen LogP contribution in [0.15, 0.2) is 18.2 Å². The van der Waals surface area contributed by atoms with Crippen molar-refractivity contribution < 1.29 is 8.78 Å². The summed E-state index contributed by atoms with van der Waals surface area (Å²) in [6.07, 6.45) is 2.14. The molecule has 128 valence electrons. The van der Waals surface area contributed by atoms with Crippen LogP contribution in [-0.4, -0.2) is 33.0 Å². The Kier molecular flexibility index (Phi) is 3.78. The lowest BCUT2D eigenvalue weighted by Gasteiger charge is -2.17. The van der Waals surface area contributed by atoms with Crippen molar-refractivity contribution in [3.8, 4) is 11.3 Å². The van der Waals surface area contributed by atoms with Crippen molar-refractivity contribution in [1.82, 2.24) is 19.9 Å². The SMILES string of the molecule is Cc1nc2nc(N3CCCC3)nc(-c3ccc(F)cc3F)c2nc1C. The van der Waals surface area contributed by atoms with Gasteiger partial charge >= 0.3 is 0 Å². The Morgan fingerprint density at radius 2 is 1.64 bits per heavy atom. The summed E-state index contributed by atoms with van der Waals surface area (Å²) in [6, 6.07) is 3.46. The Morgan fingerprint density at radius 3 is 2.36 bits per heavy atom. The van der Waals surface area contributed by atoms with Gasteiger partial charge in [0, 0.05) is 24.7 Å². The molecule has 7 heteroatoms. The van der Waals surface area contributed by atoms with E-state index in [-0.39, 0.29) is 5.56 Å². The van der Waals surface area contributed by atoms with E-state index in [1.165, 1.54) is 12.1 Å². The highest BCUT2D eigenvalue weighted by molar-refractivity contribution is 5.88. The molecule has 1 aromatic carbocycles. The highest BCUT2D eigenvalue weighted by Gasteiger charge is 2.21. The molecule has 0 unspecified atom stereocenters.